The number of hydrogen-bond donors (Lipinski definition) is 1. The monoisotopic (exact) mass is 448 g/mol. The molecule has 1 aromatic carbocycles. The van der Waals surface area contributed by atoms with E-state index < -0.39 is 0 Å². The van der Waals surface area contributed by atoms with Crippen LogP contribution in [0, 0.1) is 6.92 Å². The van der Waals surface area contributed by atoms with E-state index in [-0.39, 0.29) is 0 Å². The second-order valence-corrected chi connectivity index (χ2v) is 9.26. The number of hydrogen-bond acceptors (Lipinski definition) is 6. The van der Waals surface area contributed by atoms with Crippen molar-refractivity contribution in [3.63, 3.8) is 0 Å². The van der Waals surface area contributed by atoms with Gasteiger partial charge < -0.3 is 9.73 Å². The molecule has 0 aliphatic carbocycles. The molecule has 0 bridgehead atoms. The van der Waals surface area contributed by atoms with Crippen molar-refractivity contribution in [3.8, 4) is 10.4 Å². The number of aromatic nitrogens is 1. The first-order chi connectivity index (χ1) is 15.2. The lowest BCUT2D eigenvalue weighted by Gasteiger charge is -2.06. The Balaban J connectivity index is 1.29. The Hall–Kier alpha value is -2.87. The average molecular weight is 449 g/mol. The average Bonchev–Trinajstić information content (AvgIpc) is 3.55. The van der Waals surface area contributed by atoms with Gasteiger partial charge in [0.25, 0.3) is 0 Å². The number of thiazole rings is 1. The standard InChI is InChI=1S/C24H24N4OS2/c1-17-12-21(24(31-17)28-23(25-2)20-9-11-29-15-20)13-26-10-3-4-18-5-7-19(8-6-18)22-14-27-16-30-22/h5-9,11-12,14-16,26H,2-4,10,13H2,1H3/b28-23-. The molecule has 4 aromatic rings. The summed E-state index contributed by atoms with van der Waals surface area (Å²) < 4.78 is 5.14. The first-order valence-electron chi connectivity index (χ1n) is 10.1. The quantitative estimate of drug-likeness (QED) is 0.186. The molecule has 0 saturated heterocycles. The molecule has 3 heterocycles. The van der Waals surface area contributed by atoms with E-state index in [1.807, 2.05) is 17.8 Å². The van der Waals surface area contributed by atoms with Crippen molar-refractivity contribution < 1.29 is 4.42 Å². The van der Waals surface area contributed by atoms with Crippen LogP contribution in [0.25, 0.3) is 10.4 Å². The zero-order chi connectivity index (χ0) is 21.5. The summed E-state index contributed by atoms with van der Waals surface area (Å²) >= 11 is 3.33. The van der Waals surface area contributed by atoms with E-state index in [0.29, 0.717) is 5.84 Å². The second kappa shape index (κ2) is 10.4. The molecule has 5 nitrogen and oxygen atoms in total. The third-order valence-corrected chi connectivity index (χ3v) is 6.66. The van der Waals surface area contributed by atoms with E-state index in [0.717, 1.165) is 36.5 Å². The molecule has 31 heavy (non-hydrogen) atoms. The number of rotatable bonds is 9. The van der Waals surface area contributed by atoms with Gasteiger partial charge in [0.2, 0.25) is 0 Å². The van der Waals surface area contributed by atoms with Crippen LogP contribution in [0.2, 0.25) is 0 Å². The minimum absolute atomic E-state index is 0.582. The SMILES string of the molecule is C=N/C(=N\c1sc(C)cc1CNCCCc1ccc(-c2cncs2)cc1)c1ccoc1. The smallest absolute Gasteiger partial charge is 0.163 e. The van der Waals surface area contributed by atoms with Crippen LogP contribution in [0.3, 0.4) is 0 Å². The summed E-state index contributed by atoms with van der Waals surface area (Å²) in [6.45, 7) is 7.48. The summed E-state index contributed by atoms with van der Waals surface area (Å²) in [7, 11) is 0. The number of aliphatic imine (C=N–C) groups is 2. The third kappa shape index (κ3) is 5.64. The number of furan rings is 1. The molecule has 0 atom stereocenters. The highest BCUT2D eigenvalue weighted by atomic mass is 32.1. The van der Waals surface area contributed by atoms with Crippen LogP contribution >= 0.6 is 22.7 Å². The minimum Gasteiger partial charge on any atom is -0.472 e. The van der Waals surface area contributed by atoms with Crippen molar-refractivity contribution in [3.05, 3.63) is 82.2 Å². The summed E-state index contributed by atoms with van der Waals surface area (Å²) in [5.41, 5.74) is 6.47. The largest absolute Gasteiger partial charge is 0.472 e. The summed E-state index contributed by atoms with van der Waals surface area (Å²) in [5, 5.41) is 4.52. The van der Waals surface area contributed by atoms with Crippen molar-refractivity contribution in [2.45, 2.75) is 26.3 Å². The van der Waals surface area contributed by atoms with E-state index >= 15 is 0 Å². The van der Waals surface area contributed by atoms with E-state index in [2.05, 4.69) is 59.3 Å². The van der Waals surface area contributed by atoms with Crippen molar-refractivity contribution in [1.82, 2.24) is 10.3 Å². The van der Waals surface area contributed by atoms with Gasteiger partial charge in [0.15, 0.2) is 5.84 Å². The summed E-state index contributed by atoms with van der Waals surface area (Å²) in [6, 6.07) is 12.8. The van der Waals surface area contributed by atoms with Crippen molar-refractivity contribution in [2.24, 2.45) is 9.98 Å². The van der Waals surface area contributed by atoms with E-state index in [4.69, 9.17) is 9.41 Å². The Bertz CT molecular complexity index is 1130. The van der Waals surface area contributed by atoms with Crippen LogP contribution in [-0.2, 0) is 13.0 Å². The van der Waals surface area contributed by atoms with E-state index in [1.165, 1.54) is 26.4 Å². The third-order valence-electron chi connectivity index (χ3n) is 4.85. The highest BCUT2D eigenvalue weighted by Gasteiger charge is 2.09. The maximum Gasteiger partial charge on any atom is 0.163 e. The number of thiophene rings is 1. The highest BCUT2D eigenvalue weighted by Crippen LogP contribution is 2.31. The molecule has 0 radical (unpaired) electrons. The fourth-order valence-electron chi connectivity index (χ4n) is 3.29. The maximum atomic E-state index is 5.14. The predicted molar refractivity (Wildman–Crippen MR) is 131 cm³/mol. The van der Waals surface area contributed by atoms with E-state index in [1.54, 1.807) is 35.2 Å². The molecule has 3 aromatic heterocycles. The van der Waals surface area contributed by atoms with Crippen LogP contribution in [0.15, 0.2) is 75.0 Å². The van der Waals surface area contributed by atoms with Crippen LogP contribution < -0.4 is 5.32 Å². The van der Waals surface area contributed by atoms with Gasteiger partial charge in [0.1, 0.15) is 11.3 Å². The highest BCUT2D eigenvalue weighted by molar-refractivity contribution is 7.16. The second-order valence-electron chi connectivity index (χ2n) is 7.14. The Morgan fingerprint density at radius 2 is 2.10 bits per heavy atom. The van der Waals surface area contributed by atoms with Gasteiger partial charge >= 0.3 is 0 Å². The van der Waals surface area contributed by atoms with Crippen molar-refractivity contribution in [1.29, 1.82) is 0 Å². The Morgan fingerprint density at radius 1 is 1.23 bits per heavy atom. The van der Waals surface area contributed by atoms with Gasteiger partial charge in [0, 0.05) is 23.2 Å². The summed E-state index contributed by atoms with van der Waals surface area (Å²) in [4.78, 5) is 15.4. The number of nitrogens with one attached hydrogen (secondary N) is 1. The molecular weight excluding hydrogens is 424 g/mol. The van der Waals surface area contributed by atoms with Crippen LogP contribution in [0.5, 0.6) is 0 Å². The molecule has 0 aliphatic heterocycles. The molecule has 7 heteroatoms. The van der Waals surface area contributed by atoms with Gasteiger partial charge in [-0.25, -0.2) is 9.98 Å². The van der Waals surface area contributed by atoms with Gasteiger partial charge in [-0.3, -0.25) is 4.98 Å². The van der Waals surface area contributed by atoms with E-state index in [9.17, 15) is 0 Å². The minimum atomic E-state index is 0.582. The molecule has 4 rings (SSSR count). The lowest BCUT2D eigenvalue weighted by atomic mass is 10.1. The molecule has 0 aliphatic rings. The van der Waals surface area contributed by atoms with Crippen molar-refractivity contribution >= 4 is 40.2 Å². The number of benzene rings is 1. The topological polar surface area (TPSA) is 62.8 Å². The fourth-order valence-corrected chi connectivity index (χ4v) is 4.82. The Kier molecular flexibility index (Phi) is 7.19. The molecule has 0 spiro atoms. The predicted octanol–water partition coefficient (Wildman–Crippen LogP) is 6.27. The lowest BCUT2D eigenvalue weighted by Crippen LogP contribution is -2.15. The summed E-state index contributed by atoms with van der Waals surface area (Å²) in [6.07, 6.45) is 7.29. The number of amidine groups is 1. The molecule has 1 N–H and O–H groups in total. The first-order valence-corrected chi connectivity index (χ1v) is 11.8. The van der Waals surface area contributed by atoms with Gasteiger partial charge in [-0.2, -0.15) is 0 Å². The van der Waals surface area contributed by atoms with Crippen LogP contribution in [0.4, 0.5) is 5.00 Å². The first kappa shape index (κ1) is 21.4. The van der Waals surface area contributed by atoms with Crippen LogP contribution in [-0.4, -0.2) is 24.1 Å². The molecule has 0 unspecified atom stereocenters. The zero-order valence-corrected chi connectivity index (χ0v) is 19.0. The Morgan fingerprint density at radius 3 is 2.81 bits per heavy atom. The Labute approximate surface area is 190 Å². The fraction of sp³-hybridized carbons (Fsp3) is 0.208. The maximum absolute atomic E-state index is 5.14. The number of aryl methyl sites for hydroxylation is 2. The number of nitrogens with zero attached hydrogens (tertiary/aromatic N) is 3. The summed E-state index contributed by atoms with van der Waals surface area (Å²) in [5.74, 6) is 0.582. The molecule has 158 valence electrons. The van der Waals surface area contributed by atoms with Gasteiger partial charge in [-0.05, 0) is 56.3 Å². The van der Waals surface area contributed by atoms with Crippen LogP contribution in [0.1, 0.15) is 28.0 Å². The molecule has 0 amide bonds. The zero-order valence-electron chi connectivity index (χ0n) is 17.4. The molecular formula is C24H24N4OS2. The normalized spacial score (nSPS) is 11.7. The van der Waals surface area contributed by atoms with Gasteiger partial charge in [0.05, 0.1) is 22.2 Å². The van der Waals surface area contributed by atoms with Gasteiger partial charge in [-0.1, -0.05) is 24.3 Å². The van der Waals surface area contributed by atoms with Crippen molar-refractivity contribution in [2.75, 3.05) is 6.54 Å². The van der Waals surface area contributed by atoms with Gasteiger partial charge in [-0.15, -0.1) is 22.7 Å². The molecule has 0 fully saturated rings. The molecule has 0 saturated carbocycles. The lowest BCUT2D eigenvalue weighted by molar-refractivity contribution is 0.567.